The lowest BCUT2D eigenvalue weighted by atomic mass is 10.0. The minimum atomic E-state index is -1.11. The Morgan fingerprint density at radius 2 is 2.32 bits per heavy atom. The SMILES string of the molecule is CCC1CC(NC(=O)c2cc(C(=O)O)co2)CCO1. The first-order valence-electron chi connectivity index (χ1n) is 6.34. The van der Waals surface area contributed by atoms with Crippen LogP contribution in [0.15, 0.2) is 16.7 Å². The first kappa shape index (κ1) is 13.6. The third kappa shape index (κ3) is 3.35. The molecule has 0 spiro atoms. The van der Waals surface area contributed by atoms with Crippen LogP contribution in [0.2, 0.25) is 0 Å². The molecule has 1 fully saturated rings. The molecular formula is C13H17NO5. The Labute approximate surface area is 110 Å². The van der Waals surface area contributed by atoms with Gasteiger partial charge in [0.1, 0.15) is 6.26 Å². The second-order valence-electron chi connectivity index (χ2n) is 4.60. The summed E-state index contributed by atoms with van der Waals surface area (Å²) >= 11 is 0. The molecule has 2 atom stereocenters. The lowest BCUT2D eigenvalue weighted by molar-refractivity contribution is 0.000434. The zero-order chi connectivity index (χ0) is 13.8. The molecular weight excluding hydrogens is 250 g/mol. The van der Waals surface area contributed by atoms with E-state index in [0.29, 0.717) is 6.61 Å². The topological polar surface area (TPSA) is 88.8 Å². The summed E-state index contributed by atoms with van der Waals surface area (Å²) in [6.07, 6.45) is 3.68. The van der Waals surface area contributed by atoms with Crippen LogP contribution in [0.3, 0.4) is 0 Å². The lowest BCUT2D eigenvalue weighted by Crippen LogP contribution is -2.41. The number of carboxylic acid groups (broad SMARTS) is 1. The van der Waals surface area contributed by atoms with Gasteiger partial charge in [0.05, 0.1) is 11.7 Å². The molecule has 1 aromatic rings. The Balaban J connectivity index is 1.94. The van der Waals surface area contributed by atoms with Gasteiger partial charge in [-0.05, 0) is 19.3 Å². The third-order valence-corrected chi connectivity index (χ3v) is 3.23. The standard InChI is InChI=1S/C13H17NO5/c1-2-10-6-9(3-4-18-10)14-12(15)11-5-8(7-19-11)13(16)17/h5,7,9-10H,2-4,6H2,1H3,(H,14,15)(H,16,17). The third-order valence-electron chi connectivity index (χ3n) is 3.23. The van der Waals surface area contributed by atoms with E-state index < -0.39 is 5.97 Å². The molecule has 1 aromatic heterocycles. The molecule has 6 nitrogen and oxygen atoms in total. The maximum Gasteiger partial charge on any atom is 0.338 e. The predicted molar refractivity (Wildman–Crippen MR) is 66.2 cm³/mol. The number of carbonyl (C=O) groups excluding carboxylic acids is 1. The summed E-state index contributed by atoms with van der Waals surface area (Å²) in [6, 6.07) is 1.28. The average Bonchev–Trinajstić information content (AvgIpc) is 2.89. The van der Waals surface area contributed by atoms with E-state index in [1.165, 1.54) is 6.07 Å². The van der Waals surface area contributed by atoms with E-state index in [9.17, 15) is 9.59 Å². The summed E-state index contributed by atoms with van der Waals surface area (Å²) in [7, 11) is 0. The van der Waals surface area contributed by atoms with Crippen molar-refractivity contribution in [1.29, 1.82) is 0 Å². The summed E-state index contributed by atoms with van der Waals surface area (Å²) in [6.45, 7) is 2.67. The minimum absolute atomic E-state index is 0.0245. The van der Waals surface area contributed by atoms with E-state index >= 15 is 0 Å². The Kier molecular flexibility index (Phi) is 4.21. The van der Waals surface area contributed by atoms with Crippen molar-refractivity contribution < 1.29 is 23.8 Å². The van der Waals surface area contributed by atoms with Crippen LogP contribution in [-0.4, -0.2) is 35.7 Å². The van der Waals surface area contributed by atoms with Crippen molar-refractivity contribution in [2.24, 2.45) is 0 Å². The summed E-state index contributed by atoms with van der Waals surface area (Å²) in [5, 5.41) is 11.6. The van der Waals surface area contributed by atoms with E-state index in [-0.39, 0.29) is 29.4 Å². The Hall–Kier alpha value is -1.82. The van der Waals surface area contributed by atoms with Crippen molar-refractivity contribution in [1.82, 2.24) is 5.32 Å². The predicted octanol–water partition coefficient (Wildman–Crippen LogP) is 1.67. The molecule has 1 saturated heterocycles. The smallest absolute Gasteiger partial charge is 0.338 e. The van der Waals surface area contributed by atoms with Crippen molar-refractivity contribution in [2.45, 2.75) is 38.3 Å². The van der Waals surface area contributed by atoms with Crippen molar-refractivity contribution in [2.75, 3.05) is 6.61 Å². The highest BCUT2D eigenvalue weighted by Gasteiger charge is 2.24. The average molecular weight is 267 g/mol. The Bertz CT molecular complexity index is 467. The fourth-order valence-corrected chi connectivity index (χ4v) is 2.12. The van der Waals surface area contributed by atoms with Crippen LogP contribution in [0.25, 0.3) is 0 Å². The summed E-state index contributed by atoms with van der Waals surface area (Å²) in [5.41, 5.74) is -0.0245. The van der Waals surface area contributed by atoms with Gasteiger partial charge in [0.2, 0.25) is 0 Å². The maximum absolute atomic E-state index is 11.9. The molecule has 2 heterocycles. The van der Waals surface area contributed by atoms with Gasteiger partial charge in [-0.1, -0.05) is 6.92 Å². The van der Waals surface area contributed by atoms with E-state index in [1.807, 2.05) is 6.92 Å². The minimum Gasteiger partial charge on any atom is -0.478 e. The van der Waals surface area contributed by atoms with Crippen LogP contribution in [0, 0.1) is 0 Å². The fourth-order valence-electron chi connectivity index (χ4n) is 2.12. The first-order valence-corrected chi connectivity index (χ1v) is 6.34. The molecule has 19 heavy (non-hydrogen) atoms. The van der Waals surface area contributed by atoms with Crippen LogP contribution in [0.5, 0.6) is 0 Å². The molecule has 0 radical (unpaired) electrons. The molecule has 104 valence electrons. The number of nitrogens with one attached hydrogen (secondary N) is 1. The largest absolute Gasteiger partial charge is 0.478 e. The molecule has 1 aliphatic rings. The monoisotopic (exact) mass is 267 g/mol. The lowest BCUT2D eigenvalue weighted by Gasteiger charge is -2.29. The second kappa shape index (κ2) is 5.88. The molecule has 0 aromatic carbocycles. The molecule has 1 aliphatic heterocycles. The molecule has 2 unspecified atom stereocenters. The summed E-state index contributed by atoms with van der Waals surface area (Å²) in [4.78, 5) is 22.6. The van der Waals surface area contributed by atoms with Crippen LogP contribution >= 0.6 is 0 Å². The Morgan fingerprint density at radius 1 is 1.53 bits per heavy atom. The summed E-state index contributed by atoms with van der Waals surface area (Å²) < 4.78 is 10.5. The highest BCUT2D eigenvalue weighted by Crippen LogP contribution is 2.17. The van der Waals surface area contributed by atoms with Gasteiger partial charge in [-0.25, -0.2) is 4.79 Å². The highest BCUT2D eigenvalue weighted by molar-refractivity contribution is 5.95. The van der Waals surface area contributed by atoms with Crippen LogP contribution in [0.1, 0.15) is 47.1 Å². The molecule has 0 bridgehead atoms. The van der Waals surface area contributed by atoms with Crippen LogP contribution in [0.4, 0.5) is 0 Å². The van der Waals surface area contributed by atoms with E-state index in [0.717, 1.165) is 25.5 Å². The Morgan fingerprint density at radius 3 is 2.95 bits per heavy atom. The number of hydrogen-bond donors (Lipinski definition) is 2. The number of carbonyl (C=O) groups is 2. The number of amides is 1. The van der Waals surface area contributed by atoms with Gasteiger partial charge in [-0.3, -0.25) is 4.79 Å². The normalized spacial score (nSPS) is 23.0. The quantitative estimate of drug-likeness (QED) is 0.866. The van der Waals surface area contributed by atoms with E-state index in [2.05, 4.69) is 5.32 Å². The zero-order valence-corrected chi connectivity index (χ0v) is 10.7. The van der Waals surface area contributed by atoms with Gasteiger partial charge in [-0.2, -0.15) is 0 Å². The van der Waals surface area contributed by atoms with Crippen molar-refractivity contribution in [3.05, 3.63) is 23.7 Å². The van der Waals surface area contributed by atoms with E-state index in [4.69, 9.17) is 14.3 Å². The molecule has 2 rings (SSSR count). The van der Waals surface area contributed by atoms with Gasteiger partial charge in [0.25, 0.3) is 5.91 Å². The van der Waals surface area contributed by atoms with Crippen LogP contribution in [-0.2, 0) is 4.74 Å². The number of ether oxygens (including phenoxy) is 1. The number of aromatic carboxylic acids is 1. The van der Waals surface area contributed by atoms with E-state index in [1.54, 1.807) is 0 Å². The maximum atomic E-state index is 11.9. The molecule has 0 saturated carbocycles. The highest BCUT2D eigenvalue weighted by atomic mass is 16.5. The molecule has 1 amide bonds. The van der Waals surface area contributed by atoms with Gasteiger partial charge in [0.15, 0.2) is 5.76 Å². The first-order chi connectivity index (χ1) is 9.10. The summed E-state index contributed by atoms with van der Waals surface area (Å²) in [5.74, 6) is -1.47. The molecule has 2 N–H and O–H groups in total. The molecule has 6 heteroatoms. The number of hydrogen-bond acceptors (Lipinski definition) is 4. The number of furan rings is 1. The number of carboxylic acids is 1. The zero-order valence-electron chi connectivity index (χ0n) is 10.7. The van der Waals surface area contributed by atoms with Crippen molar-refractivity contribution >= 4 is 11.9 Å². The number of rotatable bonds is 4. The van der Waals surface area contributed by atoms with Crippen molar-refractivity contribution in [3.8, 4) is 0 Å². The van der Waals surface area contributed by atoms with Crippen molar-refractivity contribution in [3.63, 3.8) is 0 Å². The van der Waals surface area contributed by atoms with Crippen LogP contribution < -0.4 is 5.32 Å². The van der Waals surface area contributed by atoms with Gasteiger partial charge < -0.3 is 19.6 Å². The molecule has 0 aliphatic carbocycles. The van der Waals surface area contributed by atoms with Gasteiger partial charge in [-0.15, -0.1) is 0 Å². The fraction of sp³-hybridized carbons (Fsp3) is 0.538. The van der Waals surface area contributed by atoms with Gasteiger partial charge in [0, 0.05) is 18.7 Å². The second-order valence-corrected chi connectivity index (χ2v) is 4.60. The van der Waals surface area contributed by atoms with Gasteiger partial charge >= 0.3 is 5.97 Å².